The van der Waals surface area contributed by atoms with E-state index in [-0.39, 0.29) is 12.0 Å². The number of esters is 1. The van der Waals surface area contributed by atoms with Gasteiger partial charge in [-0.1, -0.05) is 49.6 Å². The molecule has 1 aliphatic rings. The molecule has 1 aromatic carbocycles. The Labute approximate surface area is 128 Å². The van der Waals surface area contributed by atoms with Gasteiger partial charge in [0.1, 0.15) is 6.61 Å². The highest BCUT2D eigenvalue weighted by molar-refractivity contribution is 5.70. The van der Waals surface area contributed by atoms with Gasteiger partial charge in [-0.05, 0) is 38.4 Å². The van der Waals surface area contributed by atoms with Gasteiger partial charge in [0.05, 0.1) is 6.42 Å². The van der Waals surface area contributed by atoms with E-state index in [2.05, 4.69) is 11.8 Å². The average molecular weight is 289 g/mol. The number of hydrogen-bond donors (Lipinski definition) is 0. The Kier molecular flexibility index (Phi) is 6.74. The fourth-order valence-corrected chi connectivity index (χ4v) is 2.88. The molecule has 0 N–H and O–H groups in total. The largest absolute Gasteiger partial charge is 0.461 e. The molecule has 1 atom stereocenters. The Morgan fingerprint density at radius 3 is 2.38 bits per heavy atom. The molecule has 1 heterocycles. The number of hydrogen-bond acceptors (Lipinski definition) is 3. The molecular formula is C18H27NO2. The van der Waals surface area contributed by atoms with Gasteiger partial charge in [0.2, 0.25) is 0 Å². The number of carbonyl (C=O) groups is 1. The summed E-state index contributed by atoms with van der Waals surface area (Å²) in [5.74, 6) is -0.0894. The van der Waals surface area contributed by atoms with Crippen LogP contribution in [-0.2, 0) is 16.1 Å². The first kappa shape index (κ1) is 16.0. The van der Waals surface area contributed by atoms with Crippen LogP contribution >= 0.6 is 0 Å². The van der Waals surface area contributed by atoms with Crippen LogP contribution in [0.5, 0.6) is 0 Å². The molecule has 0 aromatic heterocycles. The average Bonchev–Trinajstić information content (AvgIpc) is 2.45. The number of benzene rings is 1. The summed E-state index contributed by atoms with van der Waals surface area (Å²) in [5.41, 5.74) is 1.05. The molecule has 0 bridgehead atoms. The SMILES string of the molecule is C[C@H](CC(=O)OCc1ccccc1)N1CCCCCCC1. The standard InChI is InChI=1S/C18H27NO2/c1-16(19-12-8-3-2-4-9-13-19)14-18(20)21-15-17-10-6-5-7-11-17/h5-7,10-11,16H,2-4,8-9,12-15H2,1H3/t16-/m1/s1. The highest BCUT2D eigenvalue weighted by Crippen LogP contribution is 2.15. The van der Waals surface area contributed by atoms with Crippen molar-refractivity contribution in [2.75, 3.05) is 13.1 Å². The van der Waals surface area contributed by atoms with Gasteiger partial charge < -0.3 is 9.64 Å². The van der Waals surface area contributed by atoms with E-state index >= 15 is 0 Å². The zero-order chi connectivity index (χ0) is 14.9. The molecule has 0 unspecified atom stereocenters. The predicted octanol–water partition coefficient (Wildman–Crippen LogP) is 3.77. The molecule has 1 saturated heterocycles. The Morgan fingerprint density at radius 2 is 1.71 bits per heavy atom. The zero-order valence-corrected chi connectivity index (χ0v) is 13.1. The molecule has 0 saturated carbocycles. The molecule has 1 fully saturated rings. The molecule has 3 heteroatoms. The lowest BCUT2D eigenvalue weighted by Crippen LogP contribution is -2.37. The highest BCUT2D eigenvalue weighted by Gasteiger charge is 2.18. The molecule has 0 radical (unpaired) electrons. The molecule has 2 rings (SSSR count). The van der Waals surface area contributed by atoms with Crippen molar-refractivity contribution in [1.82, 2.24) is 4.90 Å². The summed E-state index contributed by atoms with van der Waals surface area (Å²) in [7, 11) is 0. The Hall–Kier alpha value is -1.35. The van der Waals surface area contributed by atoms with E-state index in [0.717, 1.165) is 18.7 Å². The molecule has 0 spiro atoms. The lowest BCUT2D eigenvalue weighted by molar-refractivity contribution is -0.146. The first-order valence-corrected chi connectivity index (χ1v) is 8.19. The molecule has 0 amide bonds. The first-order chi connectivity index (χ1) is 10.3. The van der Waals surface area contributed by atoms with Crippen LogP contribution in [0, 0.1) is 0 Å². The van der Waals surface area contributed by atoms with Crippen molar-refractivity contribution in [2.45, 2.75) is 58.1 Å². The summed E-state index contributed by atoms with van der Waals surface area (Å²) < 4.78 is 5.38. The van der Waals surface area contributed by atoms with Gasteiger partial charge in [0.25, 0.3) is 0 Å². The van der Waals surface area contributed by atoms with Crippen molar-refractivity contribution in [3.8, 4) is 0 Å². The molecular weight excluding hydrogens is 262 g/mol. The van der Waals surface area contributed by atoms with Crippen LogP contribution in [0.1, 0.15) is 51.0 Å². The van der Waals surface area contributed by atoms with Crippen LogP contribution < -0.4 is 0 Å². The lowest BCUT2D eigenvalue weighted by Gasteiger charge is -2.30. The van der Waals surface area contributed by atoms with Crippen LogP contribution in [0.3, 0.4) is 0 Å². The van der Waals surface area contributed by atoms with E-state index in [0.29, 0.717) is 13.0 Å². The van der Waals surface area contributed by atoms with Crippen LogP contribution in [-0.4, -0.2) is 30.0 Å². The summed E-state index contributed by atoms with van der Waals surface area (Å²) in [6.45, 7) is 4.76. The molecule has 116 valence electrons. The van der Waals surface area contributed by atoms with Crippen LogP contribution in [0.15, 0.2) is 30.3 Å². The van der Waals surface area contributed by atoms with E-state index < -0.39 is 0 Å². The van der Waals surface area contributed by atoms with Crippen LogP contribution in [0.25, 0.3) is 0 Å². The maximum atomic E-state index is 12.0. The van der Waals surface area contributed by atoms with Gasteiger partial charge in [-0.15, -0.1) is 0 Å². The maximum absolute atomic E-state index is 12.0. The normalized spacial score (nSPS) is 18.5. The Morgan fingerprint density at radius 1 is 1.10 bits per heavy atom. The van der Waals surface area contributed by atoms with E-state index in [1.165, 1.54) is 32.1 Å². The van der Waals surface area contributed by atoms with Crippen molar-refractivity contribution in [3.63, 3.8) is 0 Å². The maximum Gasteiger partial charge on any atom is 0.307 e. The third kappa shape index (κ3) is 5.88. The van der Waals surface area contributed by atoms with Crippen molar-refractivity contribution in [2.24, 2.45) is 0 Å². The second kappa shape index (κ2) is 8.83. The number of ether oxygens (including phenoxy) is 1. The van der Waals surface area contributed by atoms with E-state index in [9.17, 15) is 4.79 Å². The summed E-state index contributed by atoms with van der Waals surface area (Å²) >= 11 is 0. The second-order valence-electron chi connectivity index (χ2n) is 6.00. The monoisotopic (exact) mass is 289 g/mol. The summed E-state index contributed by atoms with van der Waals surface area (Å²) in [5, 5.41) is 0. The zero-order valence-electron chi connectivity index (χ0n) is 13.1. The third-order valence-corrected chi connectivity index (χ3v) is 4.22. The molecule has 1 aromatic rings. The van der Waals surface area contributed by atoms with Gasteiger partial charge in [-0.2, -0.15) is 0 Å². The lowest BCUT2D eigenvalue weighted by atomic mass is 10.1. The Balaban J connectivity index is 1.73. The second-order valence-corrected chi connectivity index (χ2v) is 6.00. The van der Waals surface area contributed by atoms with Crippen molar-refractivity contribution < 1.29 is 9.53 Å². The number of carbonyl (C=O) groups excluding carboxylic acids is 1. The molecule has 3 nitrogen and oxygen atoms in total. The quantitative estimate of drug-likeness (QED) is 0.773. The van der Waals surface area contributed by atoms with E-state index in [1.54, 1.807) is 0 Å². The molecule has 21 heavy (non-hydrogen) atoms. The van der Waals surface area contributed by atoms with Crippen LogP contribution in [0.4, 0.5) is 0 Å². The number of nitrogens with zero attached hydrogens (tertiary/aromatic N) is 1. The number of likely N-dealkylation sites (tertiary alicyclic amines) is 1. The van der Waals surface area contributed by atoms with Crippen LogP contribution in [0.2, 0.25) is 0 Å². The molecule has 0 aliphatic carbocycles. The minimum Gasteiger partial charge on any atom is -0.461 e. The van der Waals surface area contributed by atoms with Crippen molar-refractivity contribution in [3.05, 3.63) is 35.9 Å². The minimum absolute atomic E-state index is 0.0894. The topological polar surface area (TPSA) is 29.5 Å². The van der Waals surface area contributed by atoms with Gasteiger partial charge >= 0.3 is 5.97 Å². The smallest absolute Gasteiger partial charge is 0.307 e. The summed E-state index contributed by atoms with van der Waals surface area (Å²) in [6.07, 6.45) is 7.00. The fraction of sp³-hybridized carbons (Fsp3) is 0.611. The minimum atomic E-state index is -0.0894. The third-order valence-electron chi connectivity index (χ3n) is 4.22. The van der Waals surface area contributed by atoms with Gasteiger partial charge in [0, 0.05) is 6.04 Å². The van der Waals surface area contributed by atoms with Crippen molar-refractivity contribution >= 4 is 5.97 Å². The predicted molar refractivity (Wildman–Crippen MR) is 85.0 cm³/mol. The van der Waals surface area contributed by atoms with E-state index in [1.807, 2.05) is 30.3 Å². The van der Waals surface area contributed by atoms with Gasteiger partial charge in [-0.3, -0.25) is 4.79 Å². The Bertz CT molecular complexity index is 410. The summed E-state index contributed by atoms with van der Waals surface area (Å²) in [6, 6.07) is 10.1. The van der Waals surface area contributed by atoms with E-state index in [4.69, 9.17) is 4.74 Å². The fourth-order valence-electron chi connectivity index (χ4n) is 2.88. The summed E-state index contributed by atoms with van der Waals surface area (Å²) in [4.78, 5) is 14.4. The van der Waals surface area contributed by atoms with Gasteiger partial charge in [0.15, 0.2) is 0 Å². The highest BCUT2D eigenvalue weighted by atomic mass is 16.5. The van der Waals surface area contributed by atoms with Crippen molar-refractivity contribution in [1.29, 1.82) is 0 Å². The first-order valence-electron chi connectivity index (χ1n) is 8.19. The van der Waals surface area contributed by atoms with Gasteiger partial charge in [-0.25, -0.2) is 0 Å². The molecule has 1 aliphatic heterocycles. The number of rotatable bonds is 5.